The minimum absolute atomic E-state index is 0.0654. The van der Waals surface area contributed by atoms with Crippen LogP contribution in [0.1, 0.15) is 16.2 Å². The van der Waals surface area contributed by atoms with Gasteiger partial charge in [0.25, 0.3) is 5.91 Å². The molecule has 1 N–H and O–H groups in total. The first kappa shape index (κ1) is 20.4. The highest BCUT2D eigenvalue weighted by atomic mass is 35.5. The largest absolute Gasteiger partial charge is 0.433 e. The van der Waals surface area contributed by atoms with Gasteiger partial charge in [0.2, 0.25) is 5.43 Å². The van der Waals surface area contributed by atoms with Gasteiger partial charge in [0.1, 0.15) is 17.3 Å². The van der Waals surface area contributed by atoms with Crippen LogP contribution in [0, 0.1) is 12.7 Å². The number of alkyl halides is 2. The van der Waals surface area contributed by atoms with Crippen LogP contribution in [0.3, 0.4) is 0 Å². The van der Waals surface area contributed by atoms with Crippen LogP contribution in [-0.4, -0.2) is 22.3 Å². The Kier molecular flexibility index (Phi) is 5.88. The third-order valence-corrected chi connectivity index (χ3v) is 4.10. The summed E-state index contributed by atoms with van der Waals surface area (Å²) < 4.78 is 44.0. The number of hydrogen-bond donors (Lipinski definition) is 1. The summed E-state index contributed by atoms with van der Waals surface area (Å²) in [7, 11) is 0. The lowest BCUT2D eigenvalue weighted by atomic mass is 10.2. The van der Waals surface area contributed by atoms with Gasteiger partial charge in [-0.15, -0.1) is 0 Å². The maximum Gasteiger partial charge on any atom is 0.387 e. The van der Waals surface area contributed by atoms with E-state index in [0.29, 0.717) is 5.69 Å². The maximum absolute atomic E-state index is 14.1. The number of anilines is 1. The Balaban J connectivity index is 1.92. The predicted octanol–water partition coefficient (Wildman–Crippen LogP) is 4.19. The summed E-state index contributed by atoms with van der Waals surface area (Å²) in [5, 5.41) is 6.21. The van der Waals surface area contributed by atoms with E-state index in [4.69, 9.17) is 11.6 Å². The van der Waals surface area contributed by atoms with Gasteiger partial charge >= 0.3 is 6.61 Å². The SMILES string of the molecule is Cc1cc(=O)c(C(=O)Nc2ccc(OC(F)F)c(Cl)c2)nn1-c1ccccc1F. The highest BCUT2D eigenvalue weighted by Crippen LogP contribution is 2.29. The van der Waals surface area contributed by atoms with E-state index in [1.165, 1.54) is 30.3 Å². The van der Waals surface area contributed by atoms with E-state index in [0.717, 1.165) is 16.8 Å². The van der Waals surface area contributed by atoms with Crippen LogP contribution in [0.15, 0.2) is 53.3 Å². The van der Waals surface area contributed by atoms with Crippen molar-refractivity contribution >= 4 is 23.2 Å². The number of aromatic nitrogens is 2. The molecule has 1 heterocycles. The summed E-state index contributed by atoms with van der Waals surface area (Å²) in [6, 6.07) is 10.5. The number of halogens is 4. The molecule has 1 amide bonds. The summed E-state index contributed by atoms with van der Waals surface area (Å²) in [6.45, 7) is -1.51. The van der Waals surface area contributed by atoms with Crippen molar-refractivity contribution in [2.45, 2.75) is 13.5 Å². The average Bonchev–Trinajstić information content (AvgIpc) is 2.64. The Labute approximate surface area is 167 Å². The van der Waals surface area contributed by atoms with Crippen molar-refractivity contribution in [3.05, 3.63) is 81.0 Å². The molecule has 0 unspecified atom stereocenters. The molecule has 0 atom stereocenters. The molecule has 2 aromatic carbocycles. The van der Waals surface area contributed by atoms with Crippen LogP contribution in [0.25, 0.3) is 5.69 Å². The zero-order valence-electron chi connectivity index (χ0n) is 14.8. The second-order valence-corrected chi connectivity index (χ2v) is 6.25. The molecule has 0 aliphatic carbocycles. The Morgan fingerprint density at radius 2 is 1.93 bits per heavy atom. The summed E-state index contributed by atoms with van der Waals surface area (Å²) in [5.41, 5.74) is -0.635. The van der Waals surface area contributed by atoms with Gasteiger partial charge in [-0.2, -0.15) is 13.9 Å². The summed E-state index contributed by atoms with van der Waals surface area (Å²) in [6.07, 6.45) is 0. The van der Waals surface area contributed by atoms with E-state index in [9.17, 15) is 22.8 Å². The van der Waals surface area contributed by atoms with Gasteiger partial charge in [0.15, 0.2) is 5.69 Å². The van der Waals surface area contributed by atoms with Gasteiger partial charge in [0.05, 0.1) is 5.02 Å². The highest BCUT2D eigenvalue weighted by molar-refractivity contribution is 6.32. The molecule has 0 bridgehead atoms. The molecule has 0 spiro atoms. The zero-order chi connectivity index (χ0) is 21.1. The number of carbonyl (C=O) groups is 1. The van der Waals surface area contributed by atoms with Crippen LogP contribution in [0.2, 0.25) is 5.02 Å². The highest BCUT2D eigenvalue weighted by Gasteiger charge is 2.18. The van der Waals surface area contributed by atoms with Gasteiger partial charge in [-0.3, -0.25) is 9.59 Å². The van der Waals surface area contributed by atoms with Crippen LogP contribution < -0.4 is 15.5 Å². The molecular formula is C19H13ClF3N3O3. The molecule has 0 saturated heterocycles. The van der Waals surface area contributed by atoms with Crippen LogP contribution in [0.5, 0.6) is 5.75 Å². The molecule has 3 aromatic rings. The third-order valence-electron chi connectivity index (χ3n) is 3.81. The lowest BCUT2D eigenvalue weighted by molar-refractivity contribution is -0.0497. The average molecular weight is 424 g/mol. The summed E-state index contributed by atoms with van der Waals surface area (Å²) >= 11 is 5.84. The smallest absolute Gasteiger partial charge is 0.387 e. The maximum atomic E-state index is 14.1. The van der Waals surface area contributed by atoms with Gasteiger partial charge in [-0.05, 0) is 37.3 Å². The number of ether oxygens (including phenoxy) is 1. The van der Waals surface area contributed by atoms with Crippen molar-refractivity contribution in [2.24, 2.45) is 0 Å². The van der Waals surface area contributed by atoms with Crippen LogP contribution >= 0.6 is 11.6 Å². The lowest BCUT2D eigenvalue weighted by Crippen LogP contribution is -2.27. The molecule has 150 valence electrons. The first-order valence-electron chi connectivity index (χ1n) is 8.18. The van der Waals surface area contributed by atoms with Crippen molar-refractivity contribution in [3.8, 4) is 11.4 Å². The molecule has 29 heavy (non-hydrogen) atoms. The number of benzene rings is 2. The number of para-hydroxylation sites is 1. The van der Waals surface area contributed by atoms with E-state index in [2.05, 4.69) is 15.2 Å². The summed E-state index contributed by atoms with van der Waals surface area (Å²) in [5.74, 6) is -1.73. The molecule has 6 nitrogen and oxygen atoms in total. The fraction of sp³-hybridized carbons (Fsp3) is 0.105. The second-order valence-electron chi connectivity index (χ2n) is 5.84. The Morgan fingerprint density at radius 1 is 1.21 bits per heavy atom. The molecule has 3 rings (SSSR count). The van der Waals surface area contributed by atoms with Gasteiger partial charge in [0, 0.05) is 17.4 Å². The number of aryl methyl sites for hydroxylation is 1. The van der Waals surface area contributed by atoms with Gasteiger partial charge < -0.3 is 10.1 Å². The van der Waals surface area contributed by atoms with E-state index < -0.39 is 29.5 Å². The predicted molar refractivity (Wildman–Crippen MR) is 101 cm³/mol. The first-order chi connectivity index (χ1) is 13.8. The van der Waals surface area contributed by atoms with Gasteiger partial charge in [-0.1, -0.05) is 23.7 Å². The van der Waals surface area contributed by atoms with E-state index in [1.54, 1.807) is 13.0 Å². The Hall–Kier alpha value is -3.33. The number of rotatable bonds is 5. The molecule has 0 aliphatic heterocycles. The minimum Gasteiger partial charge on any atom is -0.433 e. The Bertz CT molecular complexity index is 1140. The third kappa shape index (κ3) is 4.57. The topological polar surface area (TPSA) is 73.2 Å². The number of hydrogen-bond acceptors (Lipinski definition) is 4. The second kappa shape index (κ2) is 8.36. The van der Waals surface area contributed by atoms with Crippen molar-refractivity contribution in [1.29, 1.82) is 0 Å². The monoisotopic (exact) mass is 423 g/mol. The number of nitrogens with zero attached hydrogens (tertiary/aromatic N) is 2. The van der Waals surface area contributed by atoms with Crippen LogP contribution in [-0.2, 0) is 0 Å². The van der Waals surface area contributed by atoms with E-state index in [-0.39, 0.29) is 22.1 Å². The molecular weight excluding hydrogens is 411 g/mol. The summed E-state index contributed by atoms with van der Waals surface area (Å²) in [4.78, 5) is 24.7. The normalized spacial score (nSPS) is 10.8. The molecule has 0 radical (unpaired) electrons. The van der Waals surface area contributed by atoms with Gasteiger partial charge in [-0.25, -0.2) is 9.07 Å². The van der Waals surface area contributed by atoms with Crippen molar-refractivity contribution < 1.29 is 22.7 Å². The standard InChI is InChI=1S/C19H13ClF3N3O3/c1-10-8-15(27)17(25-26(10)14-5-3-2-4-13(14)21)18(28)24-11-6-7-16(12(20)9-11)29-19(22)23/h2-9,19H,1H3,(H,24,28). The van der Waals surface area contributed by atoms with E-state index >= 15 is 0 Å². The molecule has 10 heteroatoms. The molecule has 0 fully saturated rings. The minimum atomic E-state index is -3.05. The number of amides is 1. The quantitative estimate of drug-likeness (QED) is 0.668. The van der Waals surface area contributed by atoms with Crippen molar-refractivity contribution in [2.75, 3.05) is 5.32 Å². The van der Waals surface area contributed by atoms with Crippen molar-refractivity contribution in [1.82, 2.24) is 9.78 Å². The fourth-order valence-electron chi connectivity index (χ4n) is 2.53. The fourth-order valence-corrected chi connectivity index (χ4v) is 2.76. The lowest BCUT2D eigenvalue weighted by Gasteiger charge is -2.12. The van der Waals surface area contributed by atoms with Crippen LogP contribution in [0.4, 0.5) is 18.9 Å². The number of nitrogens with one attached hydrogen (secondary N) is 1. The first-order valence-corrected chi connectivity index (χ1v) is 8.55. The number of carbonyl (C=O) groups excluding carboxylic acids is 1. The zero-order valence-corrected chi connectivity index (χ0v) is 15.6. The van der Waals surface area contributed by atoms with E-state index in [1.807, 2.05) is 0 Å². The Morgan fingerprint density at radius 3 is 2.59 bits per heavy atom. The molecule has 0 aliphatic rings. The molecule has 0 saturated carbocycles. The van der Waals surface area contributed by atoms with Crippen molar-refractivity contribution in [3.63, 3.8) is 0 Å². The molecule has 1 aromatic heterocycles.